The first-order chi connectivity index (χ1) is 11.2. The molecular weight excluding hydrogens is 292 g/mol. The molecule has 0 bridgehead atoms. The molecule has 6 heteroatoms. The molecule has 0 aliphatic rings. The van der Waals surface area contributed by atoms with Gasteiger partial charge in [-0.1, -0.05) is 24.3 Å². The zero-order chi connectivity index (χ0) is 16.1. The van der Waals surface area contributed by atoms with E-state index >= 15 is 0 Å². The summed E-state index contributed by atoms with van der Waals surface area (Å²) in [6.07, 6.45) is 4.57. The minimum atomic E-state index is 0.174. The average molecular weight is 310 g/mol. The zero-order valence-corrected chi connectivity index (χ0v) is 12.9. The Balaban J connectivity index is 1.64. The van der Waals surface area contributed by atoms with E-state index < -0.39 is 0 Å². The Hall–Kier alpha value is -2.89. The maximum Gasteiger partial charge on any atom is 0.134 e. The number of aromatic nitrogens is 4. The minimum Gasteiger partial charge on any atom is -0.508 e. The standard InChI is InChI=1S/C17H18N4O2/c1-2-13-5-4-8-18-17(13)11-21-10-14(19-20-21)12-23-16-7-3-6-15(22)9-16/h3-10,22H,2,11-12H2,1H3. The van der Waals surface area contributed by atoms with Gasteiger partial charge in [-0.2, -0.15) is 0 Å². The Morgan fingerprint density at radius 3 is 2.96 bits per heavy atom. The van der Waals surface area contributed by atoms with Gasteiger partial charge in [-0.15, -0.1) is 5.10 Å². The van der Waals surface area contributed by atoms with Gasteiger partial charge >= 0.3 is 0 Å². The van der Waals surface area contributed by atoms with Gasteiger partial charge in [-0.25, -0.2) is 4.68 Å². The van der Waals surface area contributed by atoms with Crippen LogP contribution in [0.1, 0.15) is 23.9 Å². The van der Waals surface area contributed by atoms with Gasteiger partial charge < -0.3 is 9.84 Å². The van der Waals surface area contributed by atoms with Gasteiger partial charge in [-0.3, -0.25) is 4.98 Å². The van der Waals surface area contributed by atoms with Crippen LogP contribution in [0, 0.1) is 0 Å². The van der Waals surface area contributed by atoms with Gasteiger partial charge in [0.2, 0.25) is 0 Å². The van der Waals surface area contributed by atoms with E-state index in [4.69, 9.17) is 4.74 Å². The van der Waals surface area contributed by atoms with Crippen LogP contribution in [0.3, 0.4) is 0 Å². The first-order valence-corrected chi connectivity index (χ1v) is 7.48. The van der Waals surface area contributed by atoms with Gasteiger partial charge in [0.15, 0.2) is 0 Å². The van der Waals surface area contributed by atoms with Crippen LogP contribution < -0.4 is 4.74 Å². The monoisotopic (exact) mass is 310 g/mol. The number of phenols is 1. The molecule has 23 heavy (non-hydrogen) atoms. The van der Waals surface area contributed by atoms with Crippen molar-refractivity contribution in [1.82, 2.24) is 20.0 Å². The number of phenolic OH excluding ortho intramolecular Hbond substituents is 1. The summed E-state index contributed by atoms with van der Waals surface area (Å²) in [5.41, 5.74) is 2.93. The summed E-state index contributed by atoms with van der Waals surface area (Å²) in [6.45, 7) is 2.99. The minimum absolute atomic E-state index is 0.174. The third-order valence-electron chi connectivity index (χ3n) is 3.47. The first-order valence-electron chi connectivity index (χ1n) is 7.48. The largest absolute Gasteiger partial charge is 0.508 e. The average Bonchev–Trinajstić information content (AvgIpc) is 3.01. The number of aromatic hydroxyl groups is 1. The molecule has 118 valence electrons. The van der Waals surface area contributed by atoms with Crippen molar-refractivity contribution in [2.75, 3.05) is 0 Å². The number of aryl methyl sites for hydroxylation is 1. The van der Waals surface area contributed by atoms with E-state index in [9.17, 15) is 5.11 Å². The lowest BCUT2D eigenvalue weighted by Gasteiger charge is -2.05. The SMILES string of the molecule is CCc1cccnc1Cn1cc(COc2cccc(O)c2)nn1. The second-order valence-corrected chi connectivity index (χ2v) is 5.16. The molecule has 0 fully saturated rings. The van der Waals surface area contributed by atoms with E-state index in [-0.39, 0.29) is 5.75 Å². The first kappa shape index (κ1) is 15.0. The highest BCUT2D eigenvalue weighted by Crippen LogP contribution is 2.18. The molecule has 0 unspecified atom stereocenters. The van der Waals surface area contributed by atoms with Crippen molar-refractivity contribution in [2.24, 2.45) is 0 Å². The Labute approximate surface area is 134 Å². The van der Waals surface area contributed by atoms with Crippen LogP contribution in [0.4, 0.5) is 0 Å². The van der Waals surface area contributed by atoms with E-state index in [0.29, 0.717) is 18.9 Å². The van der Waals surface area contributed by atoms with E-state index in [1.165, 1.54) is 5.56 Å². The molecule has 0 aliphatic heterocycles. The fourth-order valence-electron chi connectivity index (χ4n) is 2.30. The van der Waals surface area contributed by atoms with E-state index in [1.807, 2.05) is 12.3 Å². The normalized spacial score (nSPS) is 10.7. The molecule has 6 nitrogen and oxygen atoms in total. The van der Waals surface area contributed by atoms with Crippen LogP contribution in [-0.4, -0.2) is 25.1 Å². The predicted molar refractivity (Wildman–Crippen MR) is 85.2 cm³/mol. The number of pyridine rings is 1. The van der Waals surface area contributed by atoms with Crippen molar-refractivity contribution in [3.63, 3.8) is 0 Å². The van der Waals surface area contributed by atoms with Crippen LogP contribution in [-0.2, 0) is 19.6 Å². The summed E-state index contributed by atoms with van der Waals surface area (Å²) in [5.74, 6) is 0.769. The van der Waals surface area contributed by atoms with E-state index in [1.54, 1.807) is 35.1 Å². The van der Waals surface area contributed by atoms with Crippen molar-refractivity contribution >= 4 is 0 Å². The lowest BCUT2D eigenvalue weighted by Crippen LogP contribution is -2.05. The van der Waals surface area contributed by atoms with Crippen LogP contribution in [0.2, 0.25) is 0 Å². The predicted octanol–water partition coefficient (Wildman–Crippen LogP) is 2.57. The number of ether oxygens (including phenoxy) is 1. The number of hydrogen-bond donors (Lipinski definition) is 1. The Kier molecular flexibility index (Phi) is 4.52. The van der Waals surface area contributed by atoms with Crippen molar-refractivity contribution < 1.29 is 9.84 Å². The lowest BCUT2D eigenvalue weighted by molar-refractivity contribution is 0.299. The molecule has 3 aromatic rings. The maximum atomic E-state index is 9.41. The molecule has 0 saturated heterocycles. The number of nitrogens with zero attached hydrogens (tertiary/aromatic N) is 4. The lowest BCUT2D eigenvalue weighted by atomic mass is 10.1. The van der Waals surface area contributed by atoms with Crippen molar-refractivity contribution in [2.45, 2.75) is 26.5 Å². The smallest absolute Gasteiger partial charge is 0.134 e. The Bertz CT molecular complexity index is 786. The molecule has 0 saturated carbocycles. The summed E-state index contributed by atoms with van der Waals surface area (Å²) >= 11 is 0. The van der Waals surface area contributed by atoms with Crippen molar-refractivity contribution in [1.29, 1.82) is 0 Å². The molecule has 0 amide bonds. The number of benzene rings is 1. The van der Waals surface area contributed by atoms with Crippen LogP contribution in [0.15, 0.2) is 48.8 Å². The highest BCUT2D eigenvalue weighted by atomic mass is 16.5. The number of hydrogen-bond acceptors (Lipinski definition) is 5. The third kappa shape index (κ3) is 3.85. The highest BCUT2D eigenvalue weighted by Gasteiger charge is 2.06. The zero-order valence-electron chi connectivity index (χ0n) is 12.9. The van der Waals surface area contributed by atoms with Gasteiger partial charge in [0, 0.05) is 12.3 Å². The molecule has 0 atom stereocenters. The summed E-state index contributed by atoms with van der Waals surface area (Å²) < 4.78 is 7.34. The summed E-state index contributed by atoms with van der Waals surface area (Å²) in [4.78, 5) is 4.41. The van der Waals surface area contributed by atoms with Gasteiger partial charge in [0.25, 0.3) is 0 Å². The summed E-state index contributed by atoms with van der Waals surface area (Å²) in [6, 6.07) is 10.7. The molecule has 0 radical (unpaired) electrons. The van der Waals surface area contributed by atoms with Crippen molar-refractivity contribution in [3.05, 3.63) is 65.7 Å². The van der Waals surface area contributed by atoms with Gasteiger partial charge in [0.1, 0.15) is 23.8 Å². The summed E-state index contributed by atoms with van der Waals surface area (Å²) in [5, 5.41) is 17.6. The molecule has 2 heterocycles. The van der Waals surface area contributed by atoms with Crippen LogP contribution in [0.25, 0.3) is 0 Å². The Morgan fingerprint density at radius 1 is 1.22 bits per heavy atom. The molecule has 0 spiro atoms. The summed E-state index contributed by atoms with van der Waals surface area (Å²) in [7, 11) is 0. The van der Waals surface area contributed by atoms with Crippen molar-refractivity contribution in [3.8, 4) is 11.5 Å². The molecular formula is C17H18N4O2. The molecule has 3 rings (SSSR count). The fourth-order valence-corrected chi connectivity index (χ4v) is 2.30. The topological polar surface area (TPSA) is 73.1 Å². The van der Waals surface area contributed by atoms with Crippen LogP contribution in [0.5, 0.6) is 11.5 Å². The molecule has 1 N–H and O–H groups in total. The van der Waals surface area contributed by atoms with E-state index in [0.717, 1.165) is 17.8 Å². The Morgan fingerprint density at radius 2 is 2.13 bits per heavy atom. The van der Waals surface area contributed by atoms with E-state index in [2.05, 4.69) is 28.3 Å². The van der Waals surface area contributed by atoms with Crippen LogP contribution >= 0.6 is 0 Å². The quantitative estimate of drug-likeness (QED) is 0.757. The molecule has 1 aromatic carbocycles. The van der Waals surface area contributed by atoms with Gasteiger partial charge in [-0.05, 0) is 30.2 Å². The maximum absolute atomic E-state index is 9.41. The second-order valence-electron chi connectivity index (χ2n) is 5.16. The molecule has 2 aromatic heterocycles. The number of rotatable bonds is 6. The third-order valence-corrected chi connectivity index (χ3v) is 3.47. The molecule has 0 aliphatic carbocycles. The van der Waals surface area contributed by atoms with Gasteiger partial charge in [0.05, 0.1) is 18.4 Å². The highest BCUT2D eigenvalue weighted by molar-refractivity contribution is 5.31. The second kappa shape index (κ2) is 6.91. The fraction of sp³-hybridized carbons (Fsp3) is 0.235.